The fourth-order valence-corrected chi connectivity index (χ4v) is 2.19. The smallest absolute Gasteiger partial charge is 0.0897 e. The summed E-state index contributed by atoms with van der Waals surface area (Å²) >= 11 is 1.95. The van der Waals surface area contributed by atoms with Gasteiger partial charge in [0.1, 0.15) is 0 Å². The molecule has 18 heavy (non-hydrogen) atoms. The number of aliphatic hydroxyl groups excluding tert-OH is 1. The predicted octanol–water partition coefficient (Wildman–Crippen LogP) is 1.52. The normalized spacial score (nSPS) is 14.7. The van der Waals surface area contributed by atoms with Crippen molar-refractivity contribution in [1.29, 1.82) is 0 Å². The molecule has 0 bridgehead atoms. The molecule has 0 aliphatic heterocycles. The Bertz CT molecular complexity index is 172. The monoisotopic (exact) mass is 279 g/mol. The Hall–Kier alpha value is 0.190. The van der Waals surface area contributed by atoms with Gasteiger partial charge in [-0.3, -0.25) is 0 Å². The summed E-state index contributed by atoms with van der Waals surface area (Å²) in [6, 6.07) is 0.446. The third-order valence-electron chi connectivity index (χ3n) is 2.49. The summed E-state index contributed by atoms with van der Waals surface area (Å²) in [4.78, 5) is 0. The van der Waals surface area contributed by atoms with Crippen molar-refractivity contribution in [3.8, 4) is 0 Å². The van der Waals surface area contributed by atoms with E-state index in [-0.39, 0.29) is 0 Å². The van der Waals surface area contributed by atoms with E-state index in [4.69, 9.17) is 9.47 Å². The molecule has 2 unspecified atom stereocenters. The highest BCUT2D eigenvalue weighted by atomic mass is 32.2. The van der Waals surface area contributed by atoms with Crippen LogP contribution in [0.15, 0.2) is 0 Å². The fourth-order valence-electron chi connectivity index (χ4n) is 1.38. The molecule has 4 nitrogen and oxygen atoms in total. The molecule has 0 rings (SSSR count). The van der Waals surface area contributed by atoms with Gasteiger partial charge in [0.2, 0.25) is 0 Å². The Labute approximate surface area is 116 Å². The highest BCUT2D eigenvalue weighted by Gasteiger charge is 2.07. The van der Waals surface area contributed by atoms with Crippen LogP contribution in [0.4, 0.5) is 0 Å². The summed E-state index contributed by atoms with van der Waals surface area (Å²) in [6.07, 6.45) is 0.698. The number of aliphatic hydroxyl groups is 1. The van der Waals surface area contributed by atoms with Gasteiger partial charge in [0.15, 0.2) is 0 Å². The average Bonchev–Trinajstić information content (AvgIpc) is 2.36. The number of rotatable bonds is 13. The van der Waals surface area contributed by atoms with E-state index >= 15 is 0 Å². The van der Waals surface area contributed by atoms with Gasteiger partial charge in [0.25, 0.3) is 0 Å². The SMILES string of the molecule is CCOCCOCC(O)CNC(C)CCSCC. The highest BCUT2D eigenvalue weighted by Crippen LogP contribution is 2.03. The molecule has 0 aromatic rings. The standard InChI is InChI=1S/C13H29NO3S/c1-4-16-7-8-17-11-13(15)10-14-12(3)6-9-18-5-2/h12-15H,4-11H2,1-3H3. The molecular weight excluding hydrogens is 250 g/mol. The lowest BCUT2D eigenvalue weighted by Crippen LogP contribution is -2.36. The van der Waals surface area contributed by atoms with Crippen LogP contribution in [0, 0.1) is 0 Å². The van der Waals surface area contributed by atoms with Crippen LogP contribution in [-0.2, 0) is 9.47 Å². The number of thioether (sulfide) groups is 1. The summed E-state index contributed by atoms with van der Waals surface area (Å²) < 4.78 is 10.5. The van der Waals surface area contributed by atoms with Crippen LogP contribution >= 0.6 is 11.8 Å². The van der Waals surface area contributed by atoms with Gasteiger partial charge in [-0.05, 0) is 31.8 Å². The first-order chi connectivity index (χ1) is 8.70. The first kappa shape index (κ1) is 18.2. The van der Waals surface area contributed by atoms with Crippen molar-refractivity contribution in [3.63, 3.8) is 0 Å². The molecular formula is C13H29NO3S. The molecule has 0 radical (unpaired) electrons. The summed E-state index contributed by atoms with van der Waals surface area (Å²) in [6.45, 7) is 9.10. The summed E-state index contributed by atoms with van der Waals surface area (Å²) in [7, 11) is 0. The molecule has 0 saturated heterocycles. The fraction of sp³-hybridized carbons (Fsp3) is 1.00. The van der Waals surface area contributed by atoms with Gasteiger partial charge in [0, 0.05) is 19.2 Å². The third kappa shape index (κ3) is 12.6. The minimum atomic E-state index is -0.437. The summed E-state index contributed by atoms with van der Waals surface area (Å²) in [5.41, 5.74) is 0. The van der Waals surface area contributed by atoms with Crippen LogP contribution in [0.3, 0.4) is 0 Å². The van der Waals surface area contributed by atoms with E-state index in [1.165, 1.54) is 11.5 Å². The molecule has 2 N–H and O–H groups in total. The molecule has 0 saturated carbocycles. The van der Waals surface area contributed by atoms with Crippen molar-refractivity contribution in [2.45, 2.75) is 39.3 Å². The second-order valence-electron chi connectivity index (χ2n) is 4.22. The second-order valence-corrected chi connectivity index (χ2v) is 5.61. The molecule has 0 aromatic heterocycles. The lowest BCUT2D eigenvalue weighted by molar-refractivity contribution is 0.00586. The van der Waals surface area contributed by atoms with Gasteiger partial charge in [0.05, 0.1) is 25.9 Å². The topological polar surface area (TPSA) is 50.7 Å². The number of hydrogen-bond acceptors (Lipinski definition) is 5. The van der Waals surface area contributed by atoms with Crippen molar-refractivity contribution in [2.75, 3.05) is 44.5 Å². The lowest BCUT2D eigenvalue weighted by atomic mass is 10.2. The van der Waals surface area contributed by atoms with Crippen molar-refractivity contribution < 1.29 is 14.6 Å². The van der Waals surface area contributed by atoms with Crippen molar-refractivity contribution in [3.05, 3.63) is 0 Å². The minimum Gasteiger partial charge on any atom is -0.389 e. The van der Waals surface area contributed by atoms with Crippen LogP contribution < -0.4 is 5.32 Å². The molecule has 0 aliphatic carbocycles. The van der Waals surface area contributed by atoms with E-state index in [9.17, 15) is 5.11 Å². The Morgan fingerprint density at radius 1 is 1.22 bits per heavy atom. The van der Waals surface area contributed by atoms with Crippen LogP contribution in [-0.4, -0.2) is 61.7 Å². The zero-order chi connectivity index (χ0) is 13.6. The molecule has 2 atom stereocenters. The van der Waals surface area contributed by atoms with Crippen molar-refractivity contribution in [2.24, 2.45) is 0 Å². The Kier molecular flexibility index (Phi) is 13.8. The molecule has 110 valence electrons. The van der Waals surface area contributed by atoms with E-state index in [1.54, 1.807) is 0 Å². The van der Waals surface area contributed by atoms with Crippen molar-refractivity contribution >= 4 is 11.8 Å². The zero-order valence-corrected chi connectivity index (χ0v) is 12.8. The number of ether oxygens (including phenoxy) is 2. The molecule has 0 aromatic carbocycles. The van der Waals surface area contributed by atoms with Crippen LogP contribution in [0.25, 0.3) is 0 Å². The van der Waals surface area contributed by atoms with Crippen LogP contribution in [0.2, 0.25) is 0 Å². The Morgan fingerprint density at radius 3 is 2.61 bits per heavy atom. The highest BCUT2D eigenvalue weighted by molar-refractivity contribution is 7.99. The Balaban J connectivity index is 3.31. The number of nitrogens with one attached hydrogen (secondary N) is 1. The summed E-state index contributed by atoms with van der Waals surface area (Å²) in [5.74, 6) is 2.34. The van der Waals surface area contributed by atoms with E-state index < -0.39 is 6.10 Å². The molecule has 0 aliphatic rings. The van der Waals surface area contributed by atoms with Gasteiger partial charge in [-0.25, -0.2) is 0 Å². The first-order valence-electron chi connectivity index (χ1n) is 6.85. The molecule has 0 heterocycles. The minimum absolute atomic E-state index is 0.372. The Morgan fingerprint density at radius 2 is 1.94 bits per heavy atom. The van der Waals surface area contributed by atoms with Gasteiger partial charge in [-0.1, -0.05) is 6.92 Å². The predicted molar refractivity (Wildman–Crippen MR) is 78.4 cm³/mol. The second kappa shape index (κ2) is 13.6. The van der Waals surface area contributed by atoms with E-state index in [2.05, 4.69) is 19.2 Å². The molecule has 5 heteroatoms. The van der Waals surface area contributed by atoms with Gasteiger partial charge in [-0.2, -0.15) is 11.8 Å². The maximum absolute atomic E-state index is 9.69. The van der Waals surface area contributed by atoms with E-state index in [0.29, 0.717) is 39.0 Å². The first-order valence-corrected chi connectivity index (χ1v) is 8.00. The van der Waals surface area contributed by atoms with Gasteiger partial charge < -0.3 is 19.9 Å². The average molecular weight is 279 g/mol. The van der Waals surface area contributed by atoms with Crippen molar-refractivity contribution in [1.82, 2.24) is 5.32 Å². The van der Waals surface area contributed by atoms with E-state index in [1.807, 2.05) is 18.7 Å². The lowest BCUT2D eigenvalue weighted by Gasteiger charge is -2.17. The van der Waals surface area contributed by atoms with Crippen LogP contribution in [0.5, 0.6) is 0 Å². The number of hydrogen-bond donors (Lipinski definition) is 2. The van der Waals surface area contributed by atoms with Gasteiger partial charge in [-0.15, -0.1) is 0 Å². The van der Waals surface area contributed by atoms with Gasteiger partial charge >= 0.3 is 0 Å². The molecule has 0 amide bonds. The third-order valence-corrected chi connectivity index (χ3v) is 3.42. The maximum atomic E-state index is 9.69. The molecule has 0 spiro atoms. The molecule has 0 fully saturated rings. The zero-order valence-electron chi connectivity index (χ0n) is 12.0. The summed E-state index contributed by atoms with van der Waals surface area (Å²) in [5, 5.41) is 13.0. The largest absolute Gasteiger partial charge is 0.389 e. The maximum Gasteiger partial charge on any atom is 0.0897 e. The van der Waals surface area contributed by atoms with Crippen LogP contribution in [0.1, 0.15) is 27.2 Å². The van der Waals surface area contributed by atoms with E-state index in [0.717, 1.165) is 6.42 Å². The quantitative estimate of drug-likeness (QED) is 0.501.